The second-order valence-corrected chi connectivity index (χ2v) is 9.74. The second-order valence-electron chi connectivity index (χ2n) is 6.84. The normalized spacial score (nSPS) is 19.2. The van der Waals surface area contributed by atoms with Crippen LogP contribution in [-0.4, -0.2) is 39.5 Å². The fraction of sp³-hybridized carbons (Fsp3) is 0.474. The molecular weight excluding hydrogens is 352 g/mol. The van der Waals surface area contributed by atoms with Gasteiger partial charge in [0, 0.05) is 19.6 Å². The molecule has 136 valence electrons. The molecule has 0 bridgehead atoms. The molecule has 0 amide bonds. The maximum atomic E-state index is 12.4. The summed E-state index contributed by atoms with van der Waals surface area (Å²) in [5.41, 5.74) is 2.36. The zero-order valence-electron chi connectivity index (χ0n) is 14.6. The highest BCUT2D eigenvalue weighted by molar-refractivity contribution is 7.91. The van der Waals surface area contributed by atoms with Crippen LogP contribution in [0.1, 0.15) is 24.0 Å². The van der Waals surface area contributed by atoms with E-state index in [0.29, 0.717) is 16.7 Å². The predicted molar refractivity (Wildman–Crippen MR) is 104 cm³/mol. The van der Waals surface area contributed by atoms with Crippen molar-refractivity contribution in [1.29, 1.82) is 0 Å². The first-order valence-electron chi connectivity index (χ1n) is 8.84. The molecule has 6 heteroatoms. The van der Waals surface area contributed by atoms with E-state index in [2.05, 4.69) is 33.9 Å². The number of nitrogens with one attached hydrogen (secondary N) is 1. The molecule has 4 nitrogen and oxygen atoms in total. The van der Waals surface area contributed by atoms with Crippen LogP contribution in [0.5, 0.6) is 0 Å². The molecule has 1 aromatic heterocycles. The van der Waals surface area contributed by atoms with Crippen LogP contribution in [0, 0.1) is 12.8 Å². The molecule has 1 aliphatic heterocycles. The number of hydrogen-bond donors (Lipinski definition) is 1. The summed E-state index contributed by atoms with van der Waals surface area (Å²) in [6, 6.07) is 12.3. The number of likely N-dealkylation sites (tertiary alicyclic amines) is 1. The average Bonchev–Trinajstić information content (AvgIpc) is 3.07. The van der Waals surface area contributed by atoms with Crippen LogP contribution < -0.4 is 4.72 Å². The Kier molecular flexibility index (Phi) is 6.28. The van der Waals surface area contributed by atoms with Crippen molar-refractivity contribution in [3.05, 3.63) is 52.9 Å². The van der Waals surface area contributed by atoms with E-state index < -0.39 is 10.0 Å². The second kappa shape index (κ2) is 8.45. The smallest absolute Gasteiger partial charge is 0.250 e. The monoisotopic (exact) mass is 378 g/mol. The van der Waals surface area contributed by atoms with E-state index in [4.69, 9.17) is 0 Å². The molecule has 1 aliphatic rings. The Labute approximate surface area is 154 Å². The van der Waals surface area contributed by atoms with Gasteiger partial charge in [-0.05, 0) is 61.2 Å². The molecular formula is C19H26N2O2S2. The largest absolute Gasteiger partial charge is 0.303 e. The van der Waals surface area contributed by atoms with Crippen LogP contribution in [0.25, 0.3) is 0 Å². The number of thiophene rings is 1. The molecule has 0 radical (unpaired) electrons. The van der Waals surface area contributed by atoms with Crippen molar-refractivity contribution in [3.63, 3.8) is 0 Å². The van der Waals surface area contributed by atoms with E-state index in [-0.39, 0.29) is 0 Å². The van der Waals surface area contributed by atoms with Crippen molar-refractivity contribution in [3.8, 4) is 0 Å². The fourth-order valence-electron chi connectivity index (χ4n) is 3.30. The summed E-state index contributed by atoms with van der Waals surface area (Å²) in [5.74, 6) is 0.389. The molecule has 0 aliphatic carbocycles. The zero-order valence-corrected chi connectivity index (χ0v) is 16.3. The Morgan fingerprint density at radius 2 is 2.08 bits per heavy atom. The topological polar surface area (TPSA) is 49.4 Å². The summed E-state index contributed by atoms with van der Waals surface area (Å²) in [6.07, 6.45) is 3.28. The molecule has 2 heterocycles. The summed E-state index contributed by atoms with van der Waals surface area (Å²) < 4.78 is 28.0. The van der Waals surface area contributed by atoms with Crippen LogP contribution in [0.2, 0.25) is 0 Å². The molecule has 1 aromatic carbocycles. The average molecular weight is 379 g/mol. The van der Waals surface area contributed by atoms with Crippen LogP contribution in [0.4, 0.5) is 0 Å². The van der Waals surface area contributed by atoms with Crippen LogP contribution in [-0.2, 0) is 16.4 Å². The first kappa shape index (κ1) is 18.6. The third kappa shape index (κ3) is 5.38. The summed E-state index contributed by atoms with van der Waals surface area (Å²) in [6.45, 7) is 5.57. The van der Waals surface area contributed by atoms with Crippen molar-refractivity contribution in [1.82, 2.24) is 9.62 Å². The highest BCUT2D eigenvalue weighted by Gasteiger charge is 2.23. The van der Waals surface area contributed by atoms with Crippen molar-refractivity contribution in [2.75, 3.05) is 26.2 Å². The Morgan fingerprint density at radius 1 is 1.28 bits per heavy atom. The van der Waals surface area contributed by atoms with Gasteiger partial charge in [0.05, 0.1) is 0 Å². The standard InChI is InChI=1S/C19H26N2O2S2/c1-16-12-19(24-15-16)25(22,23)20-13-18-8-5-10-21(14-18)11-9-17-6-3-2-4-7-17/h2-4,6-7,12,15,18,20H,5,8-11,13-14H2,1H3/t18-/m0/s1. The van der Waals surface area contributed by atoms with Gasteiger partial charge in [0.2, 0.25) is 10.0 Å². The molecule has 1 N–H and O–H groups in total. The SMILES string of the molecule is Cc1csc(S(=O)(=O)NC[C@@H]2CCCN(CCc3ccccc3)C2)c1. The number of nitrogens with zero attached hydrogens (tertiary/aromatic N) is 1. The van der Waals surface area contributed by atoms with E-state index in [1.807, 2.05) is 18.4 Å². The number of aryl methyl sites for hydroxylation is 1. The molecule has 0 spiro atoms. The molecule has 25 heavy (non-hydrogen) atoms. The maximum absolute atomic E-state index is 12.4. The van der Waals surface area contributed by atoms with Crippen molar-refractivity contribution < 1.29 is 8.42 Å². The van der Waals surface area contributed by atoms with E-state index in [0.717, 1.165) is 44.5 Å². The third-order valence-corrected chi connectivity index (χ3v) is 7.68. The maximum Gasteiger partial charge on any atom is 0.250 e. The minimum Gasteiger partial charge on any atom is -0.303 e. The highest BCUT2D eigenvalue weighted by atomic mass is 32.2. The lowest BCUT2D eigenvalue weighted by atomic mass is 9.98. The van der Waals surface area contributed by atoms with Gasteiger partial charge in [-0.2, -0.15) is 0 Å². The minimum atomic E-state index is -3.36. The summed E-state index contributed by atoms with van der Waals surface area (Å²) >= 11 is 1.29. The lowest BCUT2D eigenvalue weighted by Crippen LogP contribution is -2.41. The molecule has 1 fully saturated rings. The molecule has 0 saturated carbocycles. The molecule has 3 rings (SSSR count). The van der Waals surface area contributed by atoms with Gasteiger partial charge < -0.3 is 4.90 Å². The van der Waals surface area contributed by atoms with Gasteiger partial charge >= 0.3 is 0 Å². The summed E-state index contributed by atoms with van der Waals surface area (Å²) in [4.78, 5) is 2.46. The van der Waals surface area contributed by atoms with Gasteiger partial charge in [0.25, 0.3) is 0 Å². The Hall–Kier alpha value is -1.21. The molecule has 1 atom stereocenters. The quantitative estimate of drug-likeness (QED) is 0.804. The van der Waals surface area contributed by atoms with E-state index in [1.165, 1.54) is 16.9 Å². The van der Waals surface area contributed by atoms with Gasteiger partial charge in [0.15, 0.2) is 0 Å². The molecule has 0 unspecified atom stereocenters. The first-order chi connectivity index (χ1) is 12.0. The van der Waals surface area contributed by atoms with Crippen molar-refractivity contribution >= 4 is 21.4 Å². The minimum absolute atomic E-state index is 0.389. The summed E-state index contributed by atoms with van der Waals surface area (Å²) in [5, 5.41) is 1.88. The number of benzene rings is 1. The van der Waals surface area contributed by atoms with Gasteiger partial charge in [-0.25, -0.2) is 13.1 Å². The third-order valence-electron chi connectivity index (χ3n) is 4.70. The zero-order chi connectivity index (χ0) is 17.7. The number of piperidine rings is 1. The lowest BCUT2D eigenvalue weighted by Gasteiger charge is -2.32. The number of sulfonamides is 1. The van der Waals surface area contributed by atoms with Crippen molar-refractivity contribution in [2.24, 2.45) is 5.92 Å². The number of hydrogen-bond acceptors (Lipinski definition) is 4. The van der Waals surface area contributed by atoms with Gasteiger partial charge in [0.1, 0.15) is 4.21 Å². The van der Waals surface area contributed by atoms with E-state index in [1.54, 1.807) is 6.07 Å². The van der Waals surface area contributed by atoms with E-state index >= 15 is 0 Å². The van der Waals surface area contributed by atoms with Crippen molar-refractivity contribution in [2.45, 2.75) is 30.4 Å². The fourth-order valence-corrected chi connectivity index (χ4v) is 5.69. The molecule has 1 saturated heterocycles. The van der Waals surface area contributed by atoms with Crippen LogP contribution in [0.3, 0.4) is 0 Å². The Bertz CT molecular complexity index is 772. The van der Waals surface area contributed by atoms with Gasteiger partial charge in [-0.1, -0.05) is 30.3 Å². The van der Waals surface area contributed by atoms with Crippen LogP contribution >= 0.6 is 11.3 Å². The van der Waals surface area contributed by atoms with Gasteiger partial charge in [-0.15, -0.1) is 11.3 Å². The first-order valence-corrected chi connectivity index (χ1v) is 11.2. The number of rotatable bonds is 7. The van der Waals surface area contributed by atoms with Gasteiger partial charge in [-0.3, -0.25) is 0 Å². The van der Waals surface area contributed by atoms with E-state index in [9.17, 15) is 8.42 Å². The molecule has 2 aromatic rings. The highest BCUT2D eigenvalue weighted by Crippen LogP contribution is 2.21. The van der Waals surface area contributed by atoms with Crippen LogP contribution in [0.15, 0.2) is 46.0 Å². The summed E-state index contributed by atoms with van der Waals surface area (Å²) in [7, 11) is -3.36. The lowest BCUT2D eigenvalue weighted by molar-refractivity contribution is 0.178. The Morgan fingerprint density at radius 3 is 2.80 bits per heavy atom. The Balaban J connectivity index is 1.48. The predicted octanol–water partition coefficient (Wildman–Crippen LogP) is 3.29.